The van der Waals surface area contributed by atoms with Gasteiger partial charge in [0.15, 0.2) is 9.92 Å². The maximum atomic E-state index is 13.0. The van der Waals surface area contributed by atoms with Crippen molar-refractivity contribution in [3.63, 3.8) is 0 Å². The first kappa shape index (κ1) is 17.7. The van der Waals surface area contributed by atoms with Gasteiger partial charge in [0, 0.05) is 5.69 Å². The largest absolute Gasteiger partial charge is 0.472 e. The predicted molar refractivity (Wildman–Crippen MR) is 105 cm³/mol. The van der Waals surface area contributed by atoms with Crippen LogP contribution in [0.4, 0.5) is 10.5 Å². The van der Waals surface area contributed by atoms with Crippen LogP contribution in [0.15, 0.2) is 21.5 Å². The molecule has 1 aromatic carbocycles. The van der Waals surface area contributed by atoms with E-state index >= 15 is 0 Å². The third-order valence-electron chi connectivity index (χ3n) is 5.81. The molecule has 2 aromatic rings. The Morgan fingerprint density at radius 1 is 1.39 bits per heavy atom. The molecular weight excluding hydrogens is 378 g/mol. The number of aromatic nitrogens is 2. The number of anilines is 1. The molecule has 0 radical (unpaired) electrons. The first-order chi connectivity index (χ1) is 13.3. The molecule has 0 fully saturated rings. The zero-order valence-electron chi connectivity index (χ0n) is 15.9. The minimum Gasteiger partial charge on any atom is -0.472 e. The maximum absolute atomic E-state index is 13.0. The van der Waals surface area contributed by atoms with E-state index in [1.807, 2.05) is 6.92 Å². The number of urea groups is 1. The summed E-state index contributed by atoms with van der Waals surface area (Å²) in [5.74, 6) is 0.724. The van der Waals surface area contributed by atoms with Crippen molar-refractivity contribution in [1.82, 2.24) is 9.78 Å². The van der Waals surface area contributed by atoms with E-state index in [1.54, 1.807) is 4.68 Å². The number of hydrogen-bond acceptors (Lipinski definition) is 4. The fourth-order valence-corrected chi connectivity index (χ4v) is 5.57. The van der Waals surface area contributed by atoms with Crippen LogP contribution in [0.3, 0.4) is 0 Å². The lowest BCUT2D eigenvalue weighted by Gasteiger charge is -2.31. The molecule has 2 heterocycles. The smallest absolute Gasteiger partial charge is 0.354 e. The van der Waals surface area contributed by atoms with Crippen LogP contribution in [0.2, 0.25) is 0 Å². The molecule has 0 saturated carbocycles. The van der Waals surface area contributed by atoms with Crippen LogP contribution in [0.5, 0.6) is 5.88 Å². The van der Waals surface area contributed by atoms with Crippen molar-refractivity contribution < 1.29 is 13.7 Å². The van der Waals surface area contributed by atoms with Gasteiger partial charge in [-0.3, -0.25) is 0 Å². The monoisotopic (exact) mass is 401 g/mol. The molecule has 0 bridgehead atoms. The van der Waals surface area contributed by atoms with Crippen LogP contribution in [-0.4, -0.2) is 26.1 Å². The van der Waals surface area contributed by atoms with Crippen LogP contribution in [0.25, 0.3) is 0 Å². The van der Waals surface area contributed by atoms with Crippen LogP contribution in [0, 0.1) is 0 Å². The van der Waals surface area contributed by atoms with Crippen molar-refractivity contribution in [2.45, 2.75) is 63.0 Å². The average molecular weight is 401 g/mol. The number of nitrogens with two attached hydrogens (primary N) is 1. The number of carbonyl (C=O) groups excluding carboxylic acids is 1. The zero-order valence-corrected chi connectivity index (χ0v) is 16.7. The number of carbonyl (C=O) groups is 1. The number of hydrogen-bond donors (Lipinski definition) is 2. The third-order valence-corrected chi connectivity index (χ3v) is 7.16. The number of ether oxygens (including phenoxy) is 1. The van der Waals surface area contributed by atoms with Crippen LogP contribution in [0.1, 0.15) is 48.4 Å². The molecule has 0 saturated heterocycles. The van der Waals surface area contributed by atoms with Gasteiger partial charge in [-0.05, 0) is 60.8 Å². The molecule has 5 rings (SSSR count). The van der Waals surface area contributed by atoms with E-state index in [2.05, 4.69) is 27.8 Å². The van der Waals surface area contributed by atoms with Gasteiger partial charge in [-0.15, -0.1) is 4.36 Å². The minimum absolute atomic E-state index is 0.0845. The number of aryl methyl sites for hydroxylation is 1. The van der Waals surface area contributed by atoms with E-state index in [0.717, 1.165) is 31.4 Å². The lowest BCUT2D eigenvalue weighted by atomic mass is 9.75. The fourth-order valence-electron chi connectivity index (χ4n) is 4.58. The first-order valence-electron chi connectivity index (χ1n) is 9.59. The number of fused-ring (bicyclic) bond motifs is 3. The Hall–Kier alpha value is -2.39. The molecule has 9 heteroatoms. The standard InChI is InChI=1S/C19H23N5O3S/c1-10-6-13-7-12-4-3-5-14(12)17(16(10)13)22-19(25)23-28(20,26)15-8-21-24-9-11(2)27-18(15)24/h7-8,10-11H,3-6,9H2,1-2H3,(H3,20,22,23,25,26)/t10-,11-,28+/m0/s1. The van der Waals surface area contributed by atoms with Gasteiger partial charge in [-0.2, -0.15) is 5.10 Å². The number of benzene rings is 1. The second-order valence-corrected chi connectivity index (χ2v) is 9.70. The average Bonchev–Trinajstić information content (AvgIpc) is 3.27. The molecule has 2 aliphatic carbocycles. The second kappa shape index (κ2) is 6.05. The van der Waals surface area contributed by atoms with Crippen molar-refractivity contribution in [3.05, 3.63) is 34.5 Å². The van der Waals surface area contributed by atoms with Gasteiger partial charge in [0.2, 0.25) is 5.88 Å². The molecular formula is C19H23N5O3S. The van der Waals surface area contributed by atoms with Gasteiger partial charge < -0.3 is 10.1 Å². The second-order valence-electron chi connectivity index (χ2n) is 7.94. The van der Waals surface area contributed by atoms with Gasteiger partial charge in [0.25, 0.3) is 0 Å². The van der Waals surface area contributed by atoms with Gasteiger partial charge in [0.1, 0.15) is 11.0 Å². The third kappa shape index (κ3) is 2.64. The molecule has 3 aliphatic rings. The summed E-state index contributed by atoms with van der Waals surface area (Å²) < 4.78 is 24.0. The zero-order chi connectivity index (χ0) is 19.6. The first-order valence-corrected chi connectivity index (χ1v) is 11.2. The number of amides is 2. The number of nitrogens with zero attached hydrogens (tertiary/aromatic N) is 3. The van der Waals surface area contributed by atoms with Crippen LogP contribution < -0.4 is 15.2 Å². The van der Waals surface area contributed by atoms with E-state index in [4.69, 9.17) is 9.88 Å². The lowest BCUT2D eigenvalue weighted by Crippen LogP contribution is -2.23. The van der Waals surface area contributed by atoms with Crippen molar-refractivity contribution in [3.8, 4) is 5.88 Å². The van der Waals surface area contributed by atoms with E-state index in [-0.39, 0.29) is 11.0 Å². The highest BCUT2D eigenvalue weighted by Gasteiger charge is 2.32. The lowest BCUT2D eigenvalue weighted by molar-refractivity contribution is 0.248. The molecule has 1 aliphatic heterocycles. The molecule has 148 valence electrons. The maximum Gasteiger partial charge on any atom is 0.354 e. The molecule has 0 spiro atoms. The number of nitrogens with one attached hydrogen (secondary N) is 1. The van der Waals surface area contributed by atoms with Gasteiger partial charge in [-0.25, -0.2) is 18.8 Å². The predicted octanol–water partition coefficient (Wildman–Crippen LogP) is 2.75. The summed E-state index contributed by atoms with van der Waals surface area (Å²) in [6, 6.07) is 1.57. The molecule has 1 aromatic heterocycles. The fraction of sp³-hybridized carbons (Fsp3) is 0.474. The highest BCUT2D eigenvalue weighted by Crippen LogP contribution is 2.45. The van der Waals surface area contributed by atoms with E-state index in [9.17, 15) is 9.00 Å². The Balaban J connectivity index is 1.49. The van der Waals surface area contributed by atoms with Crippen molar-refractivity contribution in [2.75, 3.05) is 5.32 Å². The molecule has 3 atom stereocenters. The quantitative estimate of drug-likeness (QED) is 0.806. The van der Waals surface area contributed by atoms with Crippen LogP contribution >= 0.6 is 0 Å². The van der Waals surface area contributed by atoms with E-state index in [1.165, 1.54) is 28.5 Å². The van der Waals surface area contributed by atoms with E-state index in [0.29, 0.717) is 18.3 Å². The van der Waals surface area contributed by atoms with Gasteiger partial charge in [0.05, 0.1) is 12.7 Å². The van der Waals surface area contributed by atoms with Gasteiger partial charge >= 0.3 is 6.03 Å². The van der Waals surface area contributed by atoms with Crippen LogP contribution in [-0.2, 0) is 35.7 Å². The van der Waals surface area contributed by atoms with Crippen molar-refractivity contribution >= 4 is 21.6 Å². The molecule has 3 N–H and O–H groups in total. The summed E-state index contributed by atoms with van der Waals surface area (Å²) in [7, 11) is -3.46. The Morgan fingerprint density at radius 3 is 3.00 bits per heavy atom. The normalized spacial score (nSPS) is 23.7. The summed E-state index contributed by atoms with van der Waals surface area (Å²) >= 11 is 0. The number of rotatable bonds is 2. The van der Waals surface area contributed by atoms with E-state index < -0.39 is 15.9 Å². The molecule has 28 heavy (non-hydrogen) atoms. The molecule has 0 unspecified atom stereocenters. The van der Waals surface area contributed by atoms with Crippen molar-refractivity contribution in [1.29, 1.82) is 0 Å². The summed E-state index contributed by atoms with van der Waals surface area (Å²) in [4.78, 5) is 12.8. The molecule has 8 nitrogen and oxygen atoms in total. The Labute approximate surface area is 163 Å². The van der Waals surface area contributed by atoms with Crippen molar-refractivity contribution in [2.24, 2.45) is 9.50 Å². The summed E-state index contributed by atoms with van der Waals surface area (Å²) in [6.07, 6.45) is 5.36. The topological polar surface area (TPSA) is 112 Å². The highest BCUT2D eigenvalue weighted by atomic mass is 32.2. The summed E-state index contributed by atoms with van der Waals surface area (Å²) in [6.45, 7) is 4.59. The Kier molecular flexibility index (Phi) is 3.82. The Morgan fingerprint density at radius 2 is 2.21 bits per heavy atom. The van der Waals surface area contributed by atoms with Gasteiger partial charge in [-0.1, -0.05) is 13.0 Å². The summed E-state index contributed by atoms with van der Waals surface area (Å²) in [5.41, 5.74) is 5.79. The minimum atomic E-state index is -3.46. The summed E-state index contributed by atoms with van der Waals surface area (Å²) in [5, 5.41) is 13.0. The SMILES string of the molecule is C[C@H]1Cn2ncc([S@](N)(=O)=NC(=O)Nc3c4c(cc5c3[C@@H](C)C5)CCC4)c2O1. The highest BCUT2D eigenvalue weighted by molar-refractivity contribution is 7.91. The molecule has 2 amide bonds. The Bertz CT molecular complexity index is 1130.